The largest absolute Gasteiger partial charge is 0.508 e. The summed E-state index contributed by atoms with van der Waals surface area (Å²) in [6.07, 6.45) is 0.110. The minimum absolute atomic E-state index is 0.0772. The van der Waals surface area contributed by atoms with E-state index in [2.05, 4.69) is 4.74 Å². The van der Waals surface area contributed by atoms with Crippen LogP contribution in [0.2, 0.25) is 0 Å². The average Bonchev–Trinajstić information content (AvgIpc) is 2.53. The summed E-state index contributed by atoms with van der Waals surface area (Å²) in [6, 6.07) is 5.52. The lowest BCUT2D eigenvalue weighted by atomic mass is 10.2. The van der Waals surface area contributed by atoms with E-state index < -0.39 is 24.0 Å². The van der Waals surface area contributed by atoms with Gasteiger partial charge in [-0.25, -0.2) is 14.4 Å². The molecule has 0 fully saturated rings. The molecule has 8 nitrogen and oxygen atoms in total. The van der Waals surface area contributed by atoms with E-state index in [0.29, 0.717) is 0 Å². The van der Waals surface area contributed by atoms with Crippen molar-refractivity contribution in [1.29, 1.82) is 0 Å². The third-order valence-electron chi connectivity index (χ3n) is 2.59. The van der Waals surface area contributed by atoms with Gasteiger partial charge in [-0.2, -0.15) is 0 Å². The maximum absolute atomic E-state index is 11.6. The summed E-state index contributed by atoms with van der Waals surface area (Å²) in [4.78, 5) is 33.9. The van der Waals surface area contributed by atoms with Crippen molar-refractivity contribution in [2.45, 2.75) is 19.4 Å². The molecule has 0 spiro atoms. The van der Waals surface area contributed by atoms with Crippen molar-refractivity contribution in [3.63, 3.8) is 0 Å². The lowest BCUT2D eigenvalue weighted by Crippen LogP contribution is -2.27. The molecule has 1 aromatic rings. The normalized spacial score (nSPS) is 11.8. The number of phenolic OH excluding ortho intramolecular Hbond substituents is 1. The summed E-state index contributed by atoms with van der Waals surface area (Å²) in [5.74, 6) is -2.44. The highest BCUT2D eigenvalue weighted by Gasteiger charge is 2.18. The molecule has 0 aliphatic carbocycles. The topological polar surface area (TPSA) is 119 Å². The Labute approximate surface area is 138 Å². The lowest BCUT2D eigenvalue weighted by Gasteiger charge is -2.10. The van der Waals surface area contributed by atoms with Crippen LogP contribution in [0.5, 0.6) is 11.5 Å². The maximum atomic E-state index is 11.6. The Morgan fingerprint density at radius 1 is 1.17 bits per heavy atom. The van der Waals surface area contributed by atoms with Crippen molar-refractivity contribution in [2.24, 2.45) is 0 Å². The van der Waals surface area contributed by atoms with Crippen molar-refractivity contribution < 1.29 is 38.8 Å². The van der Waals surface area contributed by atoms with Gasteiger partial charge in [-0.05, 0) is 19.1 Å². The summed E-state index contributed by atoms with van der Waals surface area (Å²) in [5, 5.41) is 18.9. The fraction of sp³-hybridized carbons (Fsp3) is 0.312. The molecule has 0 radical (unpaired) electrons. The Morgan fingerprint density at radius 2 is 1.83 bits per heavy atom. The Bertz CT molecular complexity index is 608. The van der Waals surface area contributed by atoms with Gasteiger partial charge in [0.1, 0.15) is 11.5 Å². The van der Waals surface area contributed by atoms with Gasteiger partial charge in [0, 0.05) is 24.6 Å². The Kier molecular flexibility index (Phi) is 8.00. The molecule has 24 heavy (non-hydrogen) atoms. The summed E-state index contributed by atoms with van der Waals surface area (Å²) in [7, 11) is 0. The quantitative estimate of drug-likeness (QED) is 0.404. The molecule has 1 aromatic carbocycles. The number of rotatable bonds is 8. The van der Waals surface area contributed by atoms with Gasteiger partial charge in [0.25, 0.3) is 0 Å². The smallest absolute Gasteiger partial charge is 0.340 e. The fourth-order valence-corrected chi connectivity index (χ4v) is 1.49. The highest BCUT2D eigenvalue weighted by atomic mass is 16.6. The second-order valence-corrected chi connectivity index (χ2v) is 4.48. The van der Waals surface area contributed by atoms with Crippen LogP contribution in [0.1, 0.15) is 13.3 Å². The molecule has 130 valence electrons. The number of benzene rings is 1. The third-order valence-corrected chi connectivity index (χ3v) is 2.59. The molecule has 0 aliphatic heterocycles. The number of carbonyl (C=O) groups is 3. The van der Waals surface area contributed by atoms with Crippen molar-refractivity contribution in [3.8, 4) is 11.5 Å². The monoisotopic (exact) mass is 338 g/mol. The predicted molar refractivity (Wildman–Crippen MR) is 81.1 cm³/mol. The number of aliphatic hydroxyl groups excluding tert-OH is 1. The molecule has 8 heteroatoms. The van der Waals surface area contributed by atoms with Crippen LogP contribution in [0.15, 0.2) is 36.4 Å². The fourth-order valence-electron chi connectivity index (χ4n) is 1.49. The highest BCUT2D eigenvalue weighted by Crippen LogP contribution is 2.18. The zero-order chi connectivity index (χ0) is 17.9. The summed E-state index contributed by atoms with van der Waals surface area (Å²) >= 11 is 0. The van der Waals surface area contributed by atoms with Gasteiger partial charge >= 0.3 is 17.9 Å². The van der Waals surface area contributed by atoms with Crippen molar-refractivity contribution in [2.75, 3.05) is 13.2 Å². The van der Waals surface area contributed by atoms with E-state index in [1.54, 1.807) is 6.92 Å². The van der Waals surface area contributed by atoms with Crippen molar-refractivity contribution in [3.05, 3.63) is 36.4 Å². The standard InChI is InChI=1S/C16H18O8/c1-2-22-14(19)6-7-15(20)23-9-8-13(18)16(21)24-12-5-3-4-11(17)10-12/h3-7,10,13,17-18H,2,8-9H2,1H3/b7-6+. The van der Waals surface area contributed by atoms with Crippen LogP contribution < -0.4 is 4.74 Å². The highest BCUT2D eigenvalue weighted by molar-refractivity contribution is 5.91. The van der Waals surface area contributed by atoms with Gasteiger partial charge in [0.2, 0.25) is 0 Å². The molecule has 1 unspecified atom stereocenters. The molecule has 0 heterocycles. The average molecular weight is 338 g/mol. The van der Waals surface area contributed by atoms with Gasteiger partial charge in [-0.3, -0.25) is 0 Å². The van der Waals surface area contributed by atoms with Crippen LogP contribution in [0, 0.1) is 0 Å². The number of hydrogen-bond acceptors (Lipinski definition) is 8. The molecule has 0 saturated heterocycles. The van der Waals surface area contributed by atoms with E-state index in [1.165, 1.54) is 24.3 Å². The van der Waals surface area contributed by atoms with Crippen LogP contribution in [-0.4, -0.2) is 47.4 Å². The van der Waals surface area contributed by atoms with Gasteiger partial charge in [-0.1, -0.05) is 6.07 Å². The number of hydrogen-bond donors (Lipinski definition) is 2. The number of carbonyl (C=O) groups excluding carboxylic acids is 3. The van der Waals surface area contributed by atoms with E-state index >= 15 is 0 Å². The number of phenols is 1. The van der Waals surface area contributed by atoms with Crippen molar-refractivity contribution >= 4 is 17.9 Å². The molecule has 2 N–H and O–H groups in total. The Balaban J connectivity index is 2.32. The molecule has 0 aliphatic rings. The van der Waals surface area contributed by atoms with E-state index in [4.69, 9.17) is 9.47 Å². The van der Waals surface area contributed by atoms with E-state index in [-0.39, 0.29) is 31.1 Å². The third kappa shape index (κ3) is 7.41. The molecule has 0 amide bonds. The maximum Gasteiger partial charge on any atom is 0.340 e. The first kappa shape index (κ1) is 19.2. The molecule has 0 bridgehead atoms. The zero-order valence-electron chi connectivity index (χ0n) is 13.0. The molecular weight excluding hydrogens is 320 g/mol. The number of esters is 3. The van der Waals surface area contributed by atoms with Crippen molar-refractivity contribution in [1.82, 2.24) is 0 Å². The van der Waals surface area contributed by atoms with Crippen LogP contribution >= 0.6 is 0 Å². The first-order valence-corrected chi connectivity index (χ1v) is 7.12. The number of aromatic hydroxyl groups is 1. The summed E-state index contributed by atoms with van der Waals surface area (Å²) < 4.78 is 14.2. The van der Waals surface area contributed by atoms with Gasteiger partial charge in [0.05, 0.1) is 13.2 Å². The van der Waals surface area contributed by atoms with E-state index in [1.807, 2.05) is 0 Å². The number of ether oxygens (including phenoxy) is 3. The van der Waals surface area contributed by atoms with E-state index in [0.717, 1.165) is 12.2 Å². The van der Waals surface area contributed by atoms with Crippen LogP contribution in [-0.2, 0) is 23.9 Å². The zero-order valence-corrected chi connectivity index (χ0v) is 13.0. The molecule has 0 saturated carbocycles. The van der Waals surface area contributed by atoms with Crippen LogP contribution in [0.4, 0.5) is 0 Å². The van der Waals surface area contributed by atoms with E-state index in [9.17, 15) is 24.6 Å². The SMILES string of the molecule is CCOC(=O)/C=C/C(=O)OCCC(O)C(=O)Oc1cccc(O)c1. The molecule has 1 rings (SSSR count). The minimum Gasteiger partial charge on any atom is -0.508 e. The predicted octanol–water partition coefficient (Wildman–Crippen LogP) is 0.711. The van der Waals surface area contributed by atoms with Gasteiger partial charge < -0.3 is 24.4 Å². The second kappa shape index (κ2) is 10.0. The van der Waals surface area contributed by atoms with Gasteiger partial charge in [0.15, 0.2) is 6.10 Å². The Morgan fingerprint density at radius 3 is 2.46 bits per heavy atom. The molecular formula is C16H18O8. The van der Waals surface area contributed by atoms with Crippen LogP contribution in [0.3, 0.4) is 0 Å². The first-order valence-electron chi connectivity index (χ1n) is 7.12. The first-order chi connectivity index (χ1) is 11.4. The second-order valence-electron chi connectivity index (χ2n) is 4.48. The lowest BCUT2D eigenvalue weighted by molar-refractivity contribution is -0.147. The summed E-state index contributed by atoms with van der Waals surface area (Å²) in [6.45, 7) is 1.56. The van der Waals surface area contributed by atoms with Crippen LogP contribution in [0.25, 0.3) is 0 Å². The Hall–Kier alpha value is -2.87. The number of aliphatic hydroxyl groups is 1. The van der Waals surface area contributed by atoms with Gasteiger partial charge in [-0.15, -0.1) is 0 Å². The summed E-state index contributed by atoms with van der Waals surface area (Å²) in [5.41, 5.74) is 0. The minimum atomic E-state index is -1.51. The molecule has 1 atom stereocenters. The molecule has 0 aromatic heterocycles.